The van der Waals surface area contributed by atoms with Gasteiger partial charge in [0.2, 0.25) is 0 Å². The van der Waals surface area contributed by atoms with Gasteiger partial charge in [-0.1, -0.05) is 18.2 Å². The molecule has 0 unspecified atom stereocenters. The number of hydrogen-bond donors (Lipinski definition) is 1. The first-order valence-corrected chi connectivity index (χ1v) is 11.1. The maximum atomic E-state index is 12.9. The van der Waals surface area contributed by atoms with Gasteiger partial charge in [0.15, 0.2) is 0 Å². The van der Waals surface area contributed by atoms with E-state index in [1.54, 1.807) is 24.8 Å². The Hall–Kier alpha value is -2.45. The standard InChI is InChI=1S/C22H22BrNO5S/c1-4-28-22(27)20-18(12-30-14-8-6-5-7-9-14)24(3)17-10-16(23)21(26)15(19(17)20)11-29-13(2)25/h5-10,26H,4,11-12H2,1-3H3. The van der Waals surface area contributed by atoms with E-state index in [1.165, 1.54) is 6.92 Å². The maximum Gasteiger partial charge on any atom is 0.340 e. The lowest BCUT2D eigenvalue weighted by molar-refractivity contribution is -0.142. The van der Waals surface area contributed by atoms with Crippen molar-refractivity contribution in [3.8, 4) is 5.75 Å². The Morgan fingerprint density at radius 3 is 2.53 bits per heavy atom. The van der Waals surface area contributed by atoms with Crippen LogP contribution in [0.3, 0.4) is 0 Å². The number of carbonyl (C=O) groups excluding carboxylic acids is 2. The number of rotatable bonds is 7. The van der Waals surface area contributed by atoms with Crippen molar-refractivity contribution in [2.75, 3.05) is 6.61 Å². The number of aromatic nitrogens is 1. The Morgan fingerprint density at radius 1 is 1.20 bits per heavy atom. The molecule has 1 N–H and O–H groups in total. The first-order chi connectivity index (χ1) is 14.3. The minimum Gasteiger partial charge on any atom is -0.506 e. The van der Waals surface area contributed by atoms with E-state index in [4.69, 9.17) is 9.47 Å². The zero-order valence-corrected chi connectivity index (χ0v) is 19.3. The number of hydrogen-bond acceptors (Lipinski definition) is 6. The SMILES string of the molecule is CCOC(=O)c1c(CSc2ccccc2)n(C)c2cc(Br)c(O)c(COC(C)=O)c12. The zero-order valence-electron chi connectivity index (χ0n) is 16.9. The number of ether oxygens (including phenoxy) is 2. The lowest BCUT2D eigenvalue weighted by Crippen LogP contribution is -2.09. The summed E-state index contributed by atoms with van der Waals surface area (Å²) in [7, 11) is 1.87. The van der Waals surface area contributed by atoms with Crippen LogP contribution in [-0.2, 0) is 33.7 Å². The molecule has 0 bridgehead atoms. The molecule has 0 saturated heterocycles. The van der Waals surface area contributed by atoms with Crippen LogP contribution in [0.1, 0.15) is 35.5 Å². The van der Waals surface area contributed by atoms with Crippen molar-refractivity contribution in [2.45, 2.75) is 31.1 Å². The predicted molar refractivity (Wildman–Crippen MR) is 120 cm³/mol. The van der Waals surface area contributed by atoms with Crippen molar-refractivity contribution in [2.24, 2.45) is 7.05 Å². The van der Waals surface area contributed by atoms with E-state index in [-0.39, 0.29) is 19.0 Å². The summed E-state index contributed by atoms with van der Waals surface area (Å²) >= 11 is 4.96. The molecule has 3 rings (SSSR count). The van der Waals surface area contributed by atoms with Crippen molar-refractivity contribution in [3.63, 3.8) is 0 Å². The first-order valence-electron chi connectivity index (χ1n) is 9.35. The quantitative estimate of drug-likeness (QED) is 0.362. The van der Waals surface area contributed by atoms with Crippen LogP contribution in [0.4, 0.5) is 0 Å². The maximum absolute atomic E-state index is 12.9. The summed E-state index contributed by atoms with van der Waals surface area (Å²) in [6.45, 7) is 3.11. The molecular formula is C22H22BrNO5S. The Bertz CT molecular complexity index is 1090. The Labute approximate surface area is 187 Å². The second-order valence-corrected chi connectivity index (χ2v) is 8.47. The monoisotopic (exact) mass is 491 g/mol. The molecule has 6 nitrogen and oxygen atoms in total. The third kappa shape index (κ3) is 4.49. The summed E-state index contributed by atoms with van der Waals surface area (Å²) < 4.78 is 12.9. The minimum absolute atomic E-state index is 0.0674. The molecule has 3 aromatic rings. The fourth-order valence-corrected chi connectivity index (χ4v) is 4.70. The molecule has 0 saturated carbocycles. The van der Waals surface area contributed by atoms with Gasteiger partial charge in [-0.3, -0.25) is 4.79 Å². The van der Waals surface area contributed by atoms with Crippen LogP contribution in [0, 0.1) is 0 Å². The predicted octanol–water partition coefficient (Wildman–Crippen LogP) is 5.18. The van der Waals surface area contributed by atoms with E-state index in [9.17, 15) is 14.7 Å². The van der Waals surface area contributed by atoms with Gasteiger partial charge in [0.05, 0.1) is 22.2 Å². The summed E-state index contributed by atoms with van der Waals surface area (Å²) in [5.74, 6) is -0.495. The van der Waals surface area contributed by atoms with Gasteiger partial charge in [-0.25, -0.2) is 4.79 Å². The van der Waals surface area contributed by atoms with Crippen molar-refractivity contribution in [1.82, 2.24) is 4.57 Å². The molecule has 0 aliphatic carbocycles. The van der Waals surface area contributed by atoms with Crippen LogP contribution in [-0.4, -0.2) is 28.2 Å². The average molecular weight is 492 g/mol. The van der Waals surface area contributed by atoms with Crippen molar-refractivity contribution < 1.29 is 24.2 Å². The van der Waals surface area contributed by atoms with Gasteiger partial charge in [-0.2, -0.15) is 0 Å². The van der Waals surface area contributed by atoms with Gasteiger partial charge < -0.3 is 19.1 Å². The van der Waals surface area contributed by atoms with E-state index < -0.39 is 11.9 Å². The topological polar surface area (TPSA) is 77.8 Å². The number of carbonyl (C=O) groups is 2. The number of phenols is 1. The number of halogens is 1. The smallest absolute Gasteiger partial charge is 0.340 e. The Balaban J connectivity index is 2.20. The molecule has 1 aromatic heterocycles. The number of esters is 2. The second-order valence-electron chi connectivity index (χ2n) is 6.56. The molecule has 1 heterocycles. The molecule has 8 heteroatoms. The van der Waals surface area contributed by atoms with Crippen molar-refractivity contribution in [3.05, 3.63) is 57.7 Å². The van der Waals surface area contributed by atoms with E-state index in [2.05, 4.69) is 15.9 Å². The summed E-state index contributed by atoms with van der Waals surface area (Å²) in [5.41, 5.74) is 2.24. The molecule has 0 radical (unpaired) electrons. The van der Waals surface area contributed by atoms with Crippen molar-refractivity contribution in [1.29, 1.82) is 0 Å². The third-order valence-electron chi connectivity index (χ3n) is 4.66. The molecule has 158 valence electrons. The van der Waals surface area contributed by atoms with Gasteiger partial charge in [-0.05, 0) is 41.1 Å². The van der Waals surface area contributed by atoms with Crippen LogP contribution in [0.2, 0.25) is 0 Å². The highest BCUT2D eigenvalue weighted by Gasteiger charge is 2.27. The highest BCUT2D eigenvalue weighted by molar-refractivity contribution is 9.10. The van der Waals surface area contributed by atoms with E-state index >= 15 is 0 Å². The number of aryl methyl sites for hydroxylation is 1. The van der Waals surface area contributed by atoms with Crippen molar-refractivity contribution >= 4 is 50.5 Å². The lowest BCUT2D eigenvalue weighted by atomic mass is 10.0. The first kappa shape index (κ1) is 22.2. The van der Waals surface area contributed by atoms with Crippen LogP contribution in [0.25, 0.3) is 10.9 Å². The molecule has 0 amide bonds. The number of phenolic OH excluding ortho intramolecular Hbond substituents is 1. The fraction of sp³-hybridized carbons (Fsp3) is 0.273. The molecule has 30 heavy (non-hydrogen) atoms. The van der Waals surface area contributed by atoms with Crippen LogP contribution in [0.15, 0.2) is 45.8 Å². The summed E-state index contributed by atoms with van der Waals surface area (Å²) in [5, 5.41) is 11.2. The van der Waals surface area contributed by atoms with E-state index in [0.29, 0.717) is 26.7 Å². The van der Waals surface area contributed by atoms with E-state index in [0.717, 1.165) is 16.1 Å². The Kier molecular flexibility index (Phi) is 7.10. The van der Waals surface area contributed by atoms with Gasteiger partial charge in [0.1, 0.15) is 12.4 Å². The summed E-state index contributed by atoms with van der Waals surface area (Å²) in [6.07, 6.45) is 0. The molecule has 0 spiro atoms. The summed E-state index contributed by atoms with van der Waals surface area (Å²) in [6, 6.07) is 11.6. The largest absolute Gasteiger partial charge is 0.506 e. The highest BCUT2D eigenvalue weighted by Crippen LogP contribution is 2.41. The number of fused-ring (bicyclic) bond motifs is 1. The second kappa shape index (κ2) is 9.57. The van der Waals surface area contributed by atoms with Crippen LogP contribution >= 0.6 is 27.7 Å². The van der Waals surface area contributed by atoms with E-state index in [1.807, 2.05) is 41.9 Å². The van der Waals surface area contributed by atoms with Gasteiger partial charge in [-0.15, -0.1) is 11.8 Å². The number of aromatic hydroxyl groups is 1. The van der Waals surface area contributed by atoms with Gasteiger partial charge in [0, 0.05) is 41.3 Å². The molecular weight excluding hydrogens is 470 g/mol. The number of thioether (sulfide) groups is 1. The Morgan fingerprint density at radius 2 is 1.90 bits per heavy atom. The van der Waals surface area contributed by atoms with Gasteiger partial charge >= 0.3 is 11.9 Å². The van der Waals surface area contributed by atoms with Gasteiger partial charge in [0.25, 0.3) is 0 Å². The molecule has 2 aromatic carbocycles. The molecule has 0 fully saturated rings. The normalized spacial score (nSPS) is 10.9. The zero-order chi connectivity index (χ0) is 21.8. The van der Waals surface area contributed by atoms with Crippen LogP contribution in [0.5, 0.6) is 5.75 Å². The highest BCUT2D eigenvalue weighted by atomic mass is 79.9. The van der Waals surface area contributed by atoms with Crippen LogP contribution < -0.4 is 0 Å². The third-order valence-corrected chi connectivity index (χ3v) is 6.28. The molecule has 0 aliphatic rings. The molecule has 0 atom stereocenters. The lowest BCUT2D eigenvalue weighted by Gasteiger charge is -2.11. The molecule has 0 aliphatic heterocycles. The average Bonchev–Trinajstić information content (AvgIpc) is 2.99. The minimum atomic E-state index is -0.476. The summed E-state index contributed by atoms with van der Waals surface area (Å²) in [4.78, 5) is 25.4. The number of nitrogens with zero attached hydrogens (tertiary/aromatic N) is 1. The number of benzene rings is 2. The fourth-order valence-electron chi connectivity index (χ4n) is 3.25.